The summed E-state index contributed by atoms with van der Waals surface area (Å²) in [6.07, 6.45) is 3.24. The van der Waals surface area contributed by atoms with Crippen LogP contribution in [-0.4, -0.2) is 20.9 Å². The molecule has 0 saturated heterocycles. The number of hydrogen-bond acceptors (Lipinski definition) is 6. The van der Waals surface area contributed by atoms with Gasteiger partial charge in [-0.15, -0.1) is 11.3 Å². The minimum Gasteiger partial charge on any atom is -0.321 e. The maximum atomic E-state index is 12.1. The molecule has 6 nitrogen and oxygen atoms in total. The first-order valence-electron chi connectivity index (χ1n) is 6.27. The molecule has 3 aromatic rings. The average molecular weight is 332 g/mol. The summed E-state index contributed by atoms with van der Waals surface area (Å²) in [5.74, 6) is 0.124. The Hall–Kier alpha value is -2.51. The molecule has 2 heterocycles. The van der Waals surface area contributed by atoms with Crippen LogP contribution in [0.1, 0.15) is 10.5 Å². The Balaban J connectivity index is 1.69. The molecule has 0 radical (unpaired) electrons. The largest absolute Gasteiger partial charge is 0.321 e. The fraction of sp³-hybridized carbons (Fsp3) is 0. The summed E-state index contributed by atoms with van der Waals surface area (Å²) in [6, 6.07) is 8.65. The highest BCUT2D eigenvalue weighted by Gasteiger charge is 2.11. The third kappa shape index (κ3) is 3.57. The van der Waals surface area contributed by atoms with Gasteiger partial charge in [-0.2, -0.15) is 0 Å². The maximum absolute atomic E-state index is 12.1. The fourth-order valence-electron chi connectivity index (χ4n) is 1.66. The van der Waals surface area contributed by atoms with E-state index in [1.807, 2.05) is 0 Å². The minimum absolute atomic E-state index is 0.305. The topological polar surface area (TPSA) is 79.8 Å². The Bertz CT molecular complexity index is 793. The van der Waals surface area contributed by atoms with Crippen molar-refractivity contribution in [2.45, 2.75) is 0 Å². The van der Waals surface area contributed by atoms with Gasteiger partial charge in [-0.05, 0) is 24.3 Å². The van der Waals surface area contributed by atoms with Crippen molar-refractivity contribution in [3.63, 3.8) is 0 Å². The molecule has 3 rings (SSSR count). The van der Waals surface area contributed by atoms with Crippen molar-refractivity contribution in [3.05, 3.63) is 58.8 Å². The number of benzene rings is 1. The van der Waals surface area contributed by atoms with Crippen LogP contribution < -0.4 is 10.6 Å². The molecule has 2 aromatic heterocycles. The van der Waals surface area contributed by atoms with Crippen LogP contribution in [0.15, 0.2) is 48.1 Å². The number of nitrogens with one attached hydrogen (secondary N) is 2. The third-order valence-electron chi connectivity index (χ3n) is 2.60. The lowest BCUT2D eigenvalue weighted by molar-refractivity contribution is 0.102. The lowest BCUT2D eigenvalue weighted by Gasteiger charge is -2.03. The van der Waals surface area contributed by atoms with Crippen molar-refractivity contribution in [1.82, 2.24) is 15.0 Å². The summed E-state index contributed by atoms with van der Waals surface area (Å²) in [7, 11) is 0. The van der Waals surface area contributed by atoms with Crippen molar-refractivity contribution in [3.8, 4) is 0 Å². The van der Waals surface area contributed by atoms with Crippen LogP contribution in [-0.2, 0) is 0 Å². The van der Waals surface area contributed by atoms with E-state index in [2.05, 4.69) is 25.6 Å². The quantitative estimate of drug-likeness (QED) is 0.763. The third-order valence-corrected chi connectivity index (χ3v) is 3.60. The van der Waals surface area contributed by atoms with E-state index in [1.165, 1.54) is 11.3 Å². The van der Waals surface area contributed by atoms with Gasteiger partial charge in [-0.1, -0.05) is 17.7 Å². The molecular weight excluding hydrogens is 322 g/mol. The van der Waals surface area contributed by atoms with Gasteiger partial charge in [-0.25, -0.2) is 15.0 Å². The number of carbonyl (C=O) groups excluding carboxylic acids is 1. The molecule has 0 aliphatic carbocycles. The van der Waals surface area contributed by atoms with E-state index < -0.39 is 0 Å². The molecule has 1 amide bonds. The van der Waals surface area contributed by atoms with E-state index in [9.17, 15) is 4.79 Å². The Labute approximate surface area is 135 Å². The molecule has 0 atom stereocenters. The van der Waals surface area contributed by atoms with E-state index in [0.29, 0.717) is 27.5 Å². The van der Waals surface area contributed by atoms with E-state index in [1.54, 1.807) is 48.1 Å². The lowest BCUT2D eigenvalue weighted by Crippen LogP contribution is -2.12. The van der Waals surface area contributed by atoms with Crippen LogP contribution in [0.2, 0.25) is 5.02 Å². The van der Waals surface area contributed by atoms with Gasteiger partial charge in [0, 0.05) is 28.5 Å². The van der Waals surface area contributed by atoms with Crippen LogP contribution in [0.5, 0.6) is 0 Å². The molecule has 22 heavy (non-hydrogen) atoms. The van der Waals surface area contributed by atoms with E-state index in [4.69, 9.17) is 11.6 Å². The summed E-state index contributed by atoms with van der Waals surface area (Å²) in [5, 5.41) is 8.43. The number of anilines is 3. The van der Waals surface area contributed by atoms with Crippen molar-refractivity contribution in [2.75, 3.05) is 10.6 Å². The standard InChI is InChI=1S/C14H10ClN5OS/c15-9-3-1-4-10(7-9)18-12(21)11-8-22-14(19-11)20-13-16-5-2-6-17-13/h1-8H,(H,18,21)(H,16,17,19,20). The monoisotopic (exact) mass is 331 g/mol. The number of carbonyl (C=O) groups is 1. The molecule has 0 aliphatic rings. The summed E-state index contributed by atoms with van der Waals surface area (Å²) >= 11 is 7.18. The molecule has 110 valence electrons. The number of hydrogen-bond donors (Lipinski definition) is 2. The van der Waals surface area contributed by atoms with Crippen LogP contribution in [0.25, 0.3) is 0 Å². The molecule has 0 fully saturated rings. The first-order chi connectivity index (χ1) is 10.7. The smallest absolute Gasteiger partial charge is 0.275 e. The summed E-state index contributed by atoms with van der Waals surface area (Å²) < 4.78 is 0. The zero-order valence-corrected chi connectivity index (χ0v) is 12.7. The van der Waals surface area contributed by atoms with Crippen molar-refractivity contribution in [2.24, 2.45) is 0 Å². The number of halogens is 1. The van der Waals surface area contributed by atoms with Crippen LogP contribution in [0, 0.1) is 0 Å². The highest BCUT2D eigenvalue weighted by molar-refractivity contribution is 7.14. The molecule has 0 spiro atoms. The predicted octanol–water partition coefficient (Wildman–Crippen LogP) is 3.58. The highest BCUT2D eigenvalue weighted by atomic mass is 35.5. The zero-order chi connectivity index (χ0) is 15.4. The molecule has 2 N–H and O–H groups in total. The van der Waals surface area contributed by atoms with E-state index >= 15 is 0 Å². The first-order valence-corrected chi connectivity index (χ1v) is 7.53. The van der Waals surface area contributed by atoms with Gasteiger partial charge in [0.2, 0.25) is 5.95 Å². The Kier molecular flexibility index (Phi) is 4.27. The molecule has 8 heteroatoms. The number of aromatic nitrogens is 3. The number of thiazole rings is 1. The summed E-state index contributed by atoms with van der Waals surface area (Å²) in [4.78, 5) is 24.4. The average Bonchev–Trinajstić information content (AvgIpc) is 2.97. The predicted molar refractivity (Wildman–Crippen MR) is 86.8 cm³/mol. The van der Waals surface area contributed by atoms with Crippen molar-refractivity contribution < 1.29 is 4.79 Å². The van der Waals surface area contributed by atoms with Crippen LogP contribution >= 0.6 is 22.9 Å². The second kappa shape index (κ2) is 6.50. The van der Waals surface area contributed by atoms with Gasteiger partial charge < -0.3 is 10.6 Å². The number of amides is 1. The van der Waals surface area contributed by atoms with Gasteiger partial charge in [0.25, 0.3) is 5.91 Å². The SMILES string of the molecule is O=C(Nc1cccc(Cl)c1)c1csc(Nc2ncccn2)n1. The van der Waals surface area contributed by atoms with Gasteiger partial charge in [-0.3, -0.25) is 4.79 Å². The zero-order valence-electron chi connectivity index (χ0n) is 11.2. The maximum Gasteiger partial charge on any atom is 0.275 e. The van der Waals surface area contributed by atoms with E-state index in [-0.39, 0.29) is 5.91 Å². The molecule has 0 saturated carbocycles. The highest BCUT2D eigenvalue weighted by Crippen LogP contribution is 2.20. The second-order valence-electron chi connectivity index (χ2n) is 4.20. The number of rotatable bonds is 4. The Morgan fingerprint density at radius 3 is 2.77 bits per heavy atom. The van der Waals surface area contributed by atoms with Gasteiger partial charge >= 0.3 is 0 Å². The molecular formula is C14H10ClN5OS. The molecule has 0 aliphatic heterocycles. The Morgan fingerprint density at radius 1 is 1.18 bits per heavy atom. The van der Waals surface area contributed by atoms with Gasteiger partial charge in [0.1, 0.15) is 5.69 Å². The van der Waals surface area contributed by atoms with Crippen molar-refractivity contribution >= 4 is 45.6 Å². The molecule has 1 aromatic carbocycles. The van der Waals surface area contributed by atoms with Gasteiger partial charge in [0.05, 0.1) is 0 Å². The fourth-order valence-corrected chi connectivity index (χ4v) is 2.53. The first kappa shape index (κ1) is 14.4. The van der Waals surface area contributed by atoms with Crippen LogP contribution in [0.3, 0.4) is 0 Å². The molecule has 0 unspecified atom stereocenters. The normalized spacial score (nSPS) is 10.2. The summed E-state index contributed by atoms with van der Waals surface area (Å²) in [5.41, 5.74) is 0.926. The minimum atomic E-state index is -0.305. The van der Waals surface area contributed by atoms with Gasteiger partial charge in [0.15, 0.2) is 5.13 Å². The second-order valence-corrected chi connectivity index (χ2v) is 5.49. The Morgan fingerprint density at radius 2 is 2.00 bits per heavy atom. The molecule has 0 bridgehead atoms. The lowest BCUT2D eigenvalue weighted by atomic mass is 10.3. The van der Waals surface area contributed by atoms with E-state index in [0.717, 1.165) is 0 Å². The summed E-state index contributed by atoms with van der Waals surface area (Å²) in [6.45, 7) is 0. The van der Waals surface area contributed by atoms with Crippen LogP contribution in [0.4, 0.5) is 16.8 Å². The number of nitrogens with zero attached hydrogens (tertiary/aromatic N) is 3. The van der Waals surface area contributed by atoms with Crippen molar-refractivity contribution in [1.29, 1.82) is 0 Å².